The van der Waals surface area contributed by atoms with Crippen LogP contribution in [0.4, 0.5) is 45.5 Å². The number of nitrogens with one attached hydrogen (secondary N) is 4. The summed E-state index contributed by atoms with van der Waals surface area (Å²) in [5.41, 5.74) is 31.8. The van der Waals surface area contributed by atoms with Crippen LogP contribution in [-0.2, 0) is 0 Å². The lowest BCUT2D eigenvalue weighted by Crippen LogP contribution is -1.92. The zero-order chi connectivity index (χ0) is 91.6. The van der Waals surface area contributed by atoms with E-state index in [0.717, 1.165) is 172 Å². The highest BCUT2D eigenvalue weighted by Gasteiger charge is 2.23. The van der Waals surface area contributed by atoms with Crippen molar-refractivity contribution in [3.8, 4) is 77.9 Å². The molecule has 0 radical (unpaired) electrons. The highest BCUT2D eigenvalue weighted by molar-refractivity contribution is 6.21. The second-order valence-electron chi connectivity index (χ2n) is 34.7. The Balaban J connectivity index is 0.000000102. The van der Waals surface area contributed by atoms with Gasteiger partial charge in [-0.2, -0.15) is 0 Å². The molecule has 4 heterocycles. The molecule has 652 valence electrons. The third-order valence-corrected chi connectivity index (χ3v) is 26.3. The fourth-order valence-corrected chi connectivity index (χ4v) is 19.5. The molecule has 0 spiro atoms. The van der Waals surface area contributed by atoms with Gasteiger partial charge >= 0.3 is 0 Å². The Morgan fingerprint density at radius 3 is 0.848 bits per heavy atom. The number of hydrogen-bond acceptors (Lipinski definition) is 8. The maximum absolute atomic E-state index is 6.57. The van der Waals surface area contributed by atoms with Crippen molar-refractivity contribution in [3.05, 3.63) is 510 Å². The molecule has 0 unspecified atom stereocenters. The molecular formula is C130H88N4O4. The molecule has 8 nitrogen and oxygen atoms in total. The van der Waals surface area contributed by atoms with E-state index in [2.05, 4.69) is 440 Å². The molecule has 27 rings (SSSR count). The Morgan fingerprint density at radius 2 is 0.399 bits per heavy atom. The van der Waals surface area contributed by atoms with Gasteiger partial charge in [-0.05, 0) is 226 Å². The molecule has 4 N–H and O–H groups in total. The van der Waals surface area contributed by atoms with Crippen LogP contribution in [0.3, 0.4) is 0 Å². The lowest BCUT2D eigenvalue weighted by molar-refractivity contribution is 0.669. The fourth-order valence-electron chi connectivity index (χ4n) is 19.5. The van der Waals surface area contributed by atoms with E-state index in [0.29, 0.717) is 0 Å². The van der Waals surface area contributed by atoms with Crippen LogP contribution < -0.4 is 21.3 Å². The summed E-state index contributed by atoms with van der Waals surface area (Å²) in [7, 11) is 0. The van der Waals surface area contributed by atoms with Crippen molar-refractivity contribution in [2.24, 2.45) is 0 Å². The van der Waals surface area contributed by atoms with Crippen LogP contribution >= 0.6 is 0 Å². The number of rotatable bonds is 15. The SMILES string of the molecule is c1ccc(-c2ccc(-c3ccc(Nc4ccc5ccccc5c4)c4c3oc3ccccc34)cc2)cc1.c1ccc(-c2ccc(Nc3ccc(-c4ccccc4)c4oc5ccccc5c34)cc2)cc1.c1ccc(Nc2ccc(-c3ccccc3)c3oc4ccccc4c23)cc1.c1ccc2c(-c3ccc(Nc4ccc(-c5ccc6ccc7ccccc7c6c5)cc4)c4c3oc3ccccc34)cccc2c1. The molecule has 0 aliphatic carbocycles. The third-order valence-electron chi connectivity index (χ3n) is 26.3. The van der Waals surface area contributed by atoms with Gasteiger partial charge in [0.1, 0.15) is 44.7 Å². The first kappa shape index (κ1) is 82.6. The largest absolute Gasteiger partial charge is 0.455 e. The molecule has 0 aliphatic rings. The van der Waals surface area contributed by atoms with Gasteiger partial charge in [-0.15, -0.1) is 0 Å². The Labute approximate surface area is 797 Å². The van der Waals surface area contributed by atoms with E-state index >= 15 is 0 Å². The Hall–Kier alpha value is -18.5. The summed E-state index contributed by atoms with van der Waals surface area (Å²) in [5, 5.41) is 33.4. The highest BCUT2D eigenvalue weighted by Crippen LogP contribution is 2.48. The number of anilines is 8. The summed E-state index contributed by atoms with van der Waals surface area (Å²) in [4.78, 5) is 0. The van der Waals surface area contributed by atoms with Gasteiger partial charge in [0.15, 0.2) is 0 Å². The summed E-state index contributed by atoms with van der Waals surface area (Å²) in [6.07, 6.45) is 0. The Kier molecular flexibility index (Phi) is 21.9. The van der Waals surface area contributed by atoms with Crippen molar-refractivity contribution >= 4 is 176 Å². The summed E-state index contributed by atoms with van der Waals surface area (Å²) in [6.45, 7) is 0. The standard InChI is InChI=1S/C42H27NO.C34H23NO.C30H21NO.C24H17NO/c1-3-11-33-28(8-1)10-7-14-35(33)36-24-25-39(41-37-13-5-6-15-40(37)44-42(36)41)43-32-22-20-27(21-23-32)31-19-18-30-17-16-29-9-2-4-12-34(29)38(30)26-31;1-2-8-23(9-3-1)25-14-16-26(17-15-25)29-20-21-31(33-30-12-6-7-13-32(30)36-34(29)33)35-28-19-18-24-10-4-5-11-27(24)22-28;1-3-9-21(10-4-1)22-15-17-24(18-16-22)31-27-20-19-25(23-11-5-2-6-12-23)30-29(27)26-13-7-8-14-28(26)32-30;1-3-9-17(10-4-1)19-15-16-21(25-18-11-5-2-6-12-18)23-20-13-7-8-14-22(20)26-24(19)23/h1-26,43H;1-22,35H;1-20,31H;1-16,25H. The molecule has 0 aliphatic heterocycles. The van der Waals surface area contributed by atoms with Crippen molar-refractivity contribution in [2.75, 3.05) is 21.3 Å². The Morgan fingerprint density at radius 1 is 0.130 bits per heavy atom. The lowest BCUT2D eigenvalue weighted by Gasteiger charge is -2.13. The van der Waals surface area contributed by atoms with Gasteiger partial charge in [0.05, 0.1) is 44.3 Å². The molecular weight excluding hydrogens is 1680 g/mol. The van der Waals surface area contributed by atoms with Gasteiger partial charge in [-0.3, -0.25) is 0 Å². The zero-order valence-electron chi connectivity index (χ0n) is 75.1. The van der Waals surface area contributed by atoms with E-state index in [-0.39, 0.29) is 0 Å². The van der Waals surface area contributed by atoms with Crippen LogP contribution in [0.25, 0.3) is 209 Å². The summed E-state index contributed by atoms with van der Waals surface area (Å²) in [5.74, 6) is 0. The molecule has 0 saturated heterocycles. The van der Waals surface area contributed by atoms with Gasteiger partial charge in [0.25, 0.3) is 0 Å². The number of benzene rings is 23. The van der Waals surface area contributed by atoms with Crippen LogP contribution in [0.2, 0.25) is 0 Å². The molecule has 138 heavy (non-hydrogen) atoms. The van der Waals surface area contributed by atoms with E-state index in [1.165, 1.54) is 82.0 Å². The van der Waals surface area contributed by atoms with Crippen molar-refractivity contribution in [2.45, 2.75) is 0 Å². The number of hydrogen-bond donors (Lipinski definition) is 4. The topological polar surface area (TPSA) is 101 Å². The predicted octanol–water partition coefficient (Wildman–Crippen LogP) is 37.6. The normalized spacial score (nSPS) is 11.3. The fraction of sp³-hybridized carbons (Fsp3) is 0. The highest BCUT2D eigenvalue weighted by atomic mass is 16.3. The van der Waals surface area contributed by atoms with Gasteiger partial charge in [0, 0.05) is 66.5 Å². The molecule has 0 saturated carbocycles. The minimum Gasteiger partial charge on any atom is -0.455 e. The molecule has 23 aromatic carbocycles. The average Bonchev–Trinajstić information content (AvgIpc) is 1.59. The predicted molar refractivity (Wildman–Crippen MR) is 582 cm³/mol. The van der Waals surface area contributed by atoms with Crippen LogP contribution in [0.1, 0.15) is 0 Å². The second-order valence-corrected chi connectivity index (χ2v) is 34.7. The van der Waals surface area contributed by atoms with Crippen molar-refractivity contribution < 1.29 is 17.7 Å². The monoisotopic (exact) mass is 1770 g/mol. The summed E-state index contributed by atoms with van der Waals surface area (Å²) >= 11 is 0. The molecule has 8 heteroatoms. The van der Waals surface area contributed by atoms with E-state index in [1.807, 2.05) is 91.0 Å². The van der Waals surface area contributed by atoms with Crippen molar-refractivity contribution in [3.63, 3.8) is 0 Å². The zero-order valence-corrected chi connectivity index (χ0v) is 75.1. The minimum atomic E-state index is 0.886. The van der Waals surface area contributed by atoms with Gasteiger partial charge < -0.3 is 38.9 Å². The van der Waals surface area contributed by atoms with E-state index in [4.69, 9.17) is 17.7 Å². The molecule has 4 aromatic heterocycles. The van der Waals surface area contributed by atoms with Gasteiger partial charge in [-0.25, -0.2) is 0 Å². The summed E-state index contributed by atoms with van der Waals surface area (Å²) in [6, 6.07) is 178. The van der Waals surface area contributed by atoms with Crippen LogP contribution in [0, 0.1) is 0 Å². The molecule has 0 fully saturated rings. The third kappa shape index (κ3) is 16.2. The minimum absolute atomic E-state index is 0.886. The average molecular weight is 1770 g/mol. The van der Waals surface area contributed by atoms with Crippen LogP contribution in [0.5, 0.6) is 0 Å². The van der Waals surface area contributed by atoms with Crippen LogP contribution in [-0.4, -0.2) is 0 Å². The number of furan rings is 4. The number of fused-ring (bicyclic) bond motifs is 17. The van der Waals surface area contributed by atoms with Crippen molar-refractivity contribution in [1.82, 2.24) is 0 Å². The van der Waals surface area contributed by atoms with Crippen molar-refractivity contribution in [1.29, 1.82) is 0 Å². The first-order valence-corrected chi connectivity index (χ1v) is 46.7. The lowest BCUT2D eigenvalue weighted by atomic mass is 9.96. The first-order chi connectivity index (χ1) is 68.4. The van der Waals surface area contributed by atoms with E-state index in [9.17, 15) is 0 Å². The molecule has 27 aromatic rings. The quantitative estimate of drug-likeness (QED) is 0.0754. The first-order valence-electron chi connectivity index (χ1n) is 46.7. The maximum atomic E-state index is 6.57. The van der Waals surface area contributed by atoms with Crippen LogP contribution in [0.15, 0.2) is 527 Å². The molecule has 0 bridgehead atoms. The summed E-state index contributed by atoms with van der Waals surface area (Å²) < 4.78 is 25.7. The molecule has 0 atom stereocenters. The maximum Gasteiger partial charge on any atom is 0.145 e. The Bertz CT molecular complexity index is 9170. The van der Waals surface area contributed by atoms with E-state index < -0.39 is 0 Å². The second kappa shape index (κ2) is 36.6. The van der Waals surface area contributed by atoms with Gasteiger partial charge in [0.2, 0.25) is 0 Å². The van der Waals surface area contributed by atoms with E-state index in [1.54, 1.807) is 0 Å². The smallest absolute Gasteiger partial charge is 0.145 e. The molecule has 0 amide bonds. The van der Waals surface area contributed by atoms with Gasteiger partial charge in [-0.1, -0.05) is 382 Å². The number of para-hydroxylation sites is 5.